The van der Waals surface area contributed by atoms with Crippen molar-refractivity contribution >= 4 is 53.7 Å². The predicted octanol–water partition coefficient (Wildman–Crippen LogP) is 5.62. The van der Waals surface area contributed by atoms with Gasteiger partial charge in [-0.25, -0.2) is 43.2 Å². The van der Waals surface area contributed by atoms with Gasteiger partial charge in [0.1, 0.15) is 33.4 Å². The number of esters is 9. The topological polar surface area (TPSA) is 325 Å². The number of ether oxygens (including phenoxy) is 12. The molecule has 4 spiro atoms. The lowest BCUT2D eigenvalue weighted by Gasteiger charge is -2.46. The molecule has 24 nitrogen and oxygen atoms in total. The van der Waals surface area contributed by atoms with Crippen LogP contribution in [-0.4, -0.2) is 104 Å². The van der Waals surface area contributed by atoms with Gasteiger partial charge in [0.05, 0.1) is 0 Å². The van der Waals surface area contributed by atoms with Crippen LogP contribution in [0.3, 0.4) is 0 Å². The number of carbonyl (C=O) groups is 9. The Balaban J connectivity index is 0.791. The number of aliphatic hydroxyl groups is 3. The van der Waals surface area contributed by atoms with E-state index in [1.54, 1.807) is 13.8 Å². The number of hydrogen-bond donors (Lipinski definition) is 3. The Bertz CT molecular complexity index is 2920. The second-order valence-electron chi connectivity index (χ2n) is 18.6. The summed E-state index contributed by atoms with van der Waals surface area (Å²) in [6, 6.07) is 0. The van der Waals surface area contributed by atoms with Crippen LogP contribution in [0, 0.1) is 0 Å². The van der Waals surface area contributed by atoms with Crippen LogP contribution in [0.5, 0.6) is 0 Å². The van der Waals surface area contributed by atoms with E-state index in [2.05, 4.69) is 0 Å². The van der Waals surface area contributed by atoms with Crippen LogP contribution < -0.4 is 0 Å². The average Bonchev–Trinajstić information content (AvgIpc) is 3.35. The highest BCUT2D eigenvalue weighted by molar-refractivity contribution is 6.17. The van der Waals surface area contributed by atoms with Gasteiger partial charge in [-0.2, -0.15) is 0 Å². The second-order valence-corrected chi connectivity index (χ2v) is 18.6. The molecule has 0 radical (unpaired) electrons. The molecule has 8 aliphatic rings. The smallest absolute Gasteiger partial charge is 0.348 e. The summed E-state index contributed by atoms with van der Waals surface area (Å²) < 4.78 is 65.3. The molecule has 77 heavy (non-hydrogen) atoms. The van der Waals surface area contributed by atoms with Crippen LogP contribution >= 0.6 is 0 Å². The molecular weight excluding hydrogens is 1020 g/mol. The fourth-order valence-corrected chi connectivity index (χ4v) is 8.51. The van der Waals surface area contributed by atoms with E-state index in [1.165, 1.54) is 80.7 Å². The van der Waals surface area contributed by atoms with Crippen LogP contribution in [0.15, 0.2) is 142 Å². The second kappa shape index (κ2) is 20.9. The molecule has 0 amide bonds. The number of rotatable bonds is 11. The van der Waals surface area contributed by atoms with Gasteiger partial charge in [0.15, 0.2) is 0 Å². The Labute approximate surface area is 437 Å². The average molecular weight is 1070 g/mol. The molecular formula is C53H50O24. The molecule has 3 saturated heterocycles. The first-order valence-electron chi connectivity index (χ1n) is 24.1. The zero-order chi connectivity index (χ0) is 55.6. The third-order valence-electron chi connectivity index (χ3n) is 13.2. The molecule has 8 rings (SSSR count). The predicted molar refractivity (Wildman–Crippen MR) is 251 cm³/mol. The van der Waals surface area contributed by atoms with E-state index in [0.717, 1.165) is 24.3 Å². The summed E-state index contributed by atoms with van der Waals surface area (Å²) in [7, 11) is 0. The van der Waals surface area contributed by atoms with E-state index >= 15 is 0 Å². The van der Waals surface area contributed by atoms with Crippen molar-refractivity contribution in [1.29, 1.82) is 0 Å². The maximum atomic E-state index is 13.1. The Morgan fingerprint density at radius 2 is 0.558 bits per heavy atom. The summed E-state index contributed by atoms with van der Waals surface area (Å²) in [6.45, 7) is 6.35. The molecule has 0 bridgehead atoms. The van der Waals surface area contributed by atoms with Crippen LogP contribution in [0.2, 0.25) is 0 Å². The summed E-state index contributed by atoms with van der Waals surface area (Å²) in [5.74, 6) is -20.2. The molecule has 6 aliphatic heterocycles. The Morgan fingerprint density at radius 3 is 0.844 bits per heavy atom. The van der Waals surface area contributed by atoms with Crippen LogP contribution in [0.25, 0.3) is 0 Å². The zero-order valence-corrected chi connectivity index (χ0v) is 41.6. The van der Waals surface area contributed by atoms with Crippen molar-refractivity contribution < 1.29 is 115 Å². The molecule has 1 unspecified atom stereocenters. The molecule has 0 aromatic carbocycles. The van der Waals surface area contributed by atoms with Gasteiger partial charge in [0, 0.05) is 78.1 Å². The van der Waals surface area contributed by atoms with Gasteiger partial charge >= 0.3 is 53.7 Å². The molecule has 3 N–H and O–H groups in total. The van der Waals surface area contributed by atoms with Crippen LogP contribution in [-0.2, 0) is 100.0 Å². The summed E-state index contributed by atoms with van der Waals surface area (Å²) in [5.41, 5.74) is -2.24. The van der Waals surface area contributed by atoms with E-state index in [4.69, 9.17) is 56.8 Å². The fraction of sp³-hybridized carbons (Fsp3) is 0.377. The quantitative estimate of drug-likeness (QED) is 0.0743. The van der Waals surface area contributed by atoms with Crippen LogP contribution in [0.1, 0.15) is 91.9 Å². The number of hydrogen-bond acceptors (Lipinski definition) is 24. The van der Waals surface area contributed by atoms with Crippen molar-refractivity contribution in [3.63, 3.8) is 0 Å². The van der Waals surface area contributed by atoms with Gasteiger partial charge in [0.25, 0.3) is 52.6 Å². The molecule has 2 aliphatic carbocycles. The highest BCUT2D eigenvalue weighted by Gasteiger charge is 2.58. The first kappa shape index (κ1) is 54.2. The van der Waals surface area contributed by atoms with Gasteiger partial charge in [-0.05, 0) is 36.5 Å². The summed E-state index contributed by atoms with van der Waals surface area (Å²) >= 11 is 0. The molecule has 0 aromatic rings. The Morgan fingerprint density at radius 1 is 0.325 bits per heavy atom. The lowest BCUT2D eigenvalue weighted by molar-refractivity contribution is -0.297. The molecule has 1 atom stereocenters. The molecule has 406 valence electrons. The summed E-state index contributed by atoms with van der Waals surface area (Å²) in [6.07, 6.45) is 17.9. The van der Waals surface area contributed by atoms with Crippen molar-refractivity contribution in [1.82, 2.24) is 0 Å². The highest BCUT2D eigenvalue weighted by atomic mass is 16.8. The van der Waals surface area contributed by atoms with Gasteiger partial charge in [-0.1, -0.05) is 68.5 Å². The summed E-state index contributed by atoms with van der Waals surface area (Å²) in [4.78, 5) is 115. The van der Waals surface area contributed by atoms with Crippen molar-refractivity contribution in [2.45, 2.75) is 127 Å². The van der Waals surface area contributed by atoms with Gasteiger partial charge < -0.3 is 72.2 Å². The summed E-state index contributed by atoms with van der Waals surface area (Å²) in [5, 5.41) is 31.5. The normalized spacial score (nSPS) is 31.9. The van der Waals surface area contributed by atoms with E-state index in [9.17, 15) is 58.5 Å². The number of carbonyl (C=O) groups excluding carboxylic acids is 9. The molecule has 5 fully saturated rings. The SMILES string of the molecule is CCC1(C)OC(=O)C(=CC=CC=CC2=C(O)OC3(CCC4(CC3)OC(=O)C(=CC=CC=CC3=C(O)OC5(CCC6(CC5)OC(=O)C(=CC=CC=CC5=C(O)OC(C)(CC)OC5=O)C(=O)O6)OC3=O)C(=O)O4)OC2=O)C(=O)O1. The number of aliphatic hydroxyl groups excluding tert-OH is 3. The largest absolute Gasteiger partial charge is 0.480 e. The third kappa shape index (κ3) is 11.5. The molecule has 6 heterocycles. The first-order chi connectivity index (χ1) is 36.5. The minimum Gasteiger partial charge on any atom is -0.480 e. The minimum absolute atomic E-state index is 0.159. The van der Waals surface area contributed by atoms with E-state index in [0.29, 0.717) is 6.42 Å². The molecule has 24 heteroatoms. The van der Waals surface area contributed by atoms with E-state index in [-0.39, 0.29) is 80.1 Å². The first-order valence-corrected chi connectivity index (χ1v) is 24.1. The maximum Gasteiger partial charge on any atom is 0.348 e. The Hall–Kier alpha value is -9.09. The maximum absolute atomic E-state index is 13.1. The third-order valence-corrected chi connectivity index (χ3v) is 13.2. The van der Waals surface area contributed by atoms with E-state index < -0.39 is 117 Å². The van der Waals surface area contributed by atoms with Gasteiger partial charge in [-0.15, -0.1) is 0 Å². The monoisotopic (exact) mass is 1070 g/mol. The van der Waals surface area contributed by atoms with Crippen molar-refractivity contribution in [3.8, 4) is 0 Å². The lowest BCUT2D eigenvalue weighted by Crippen LogP contribution is -2.54. The fourth-order valence-electron chi connectivity index (χ4n) is 8.51. The number of cyclic esters (lactones) is 3. The van der Waals surface area contributed by atoms with Crippen molar-refractivity contribution in [2.75, 3.05) is 0 Å². The highest BCUT2D eigenvalue weighted by Crippen LogP contribution is 2.47. The van der Waals surface area contributed by atoms with Crippen molar-refractivity contribution in [3.05, 3.63) is 142 Å². The zero-order valence-electron chi connectivity index (χ0n) is 41.6. The van der Waals surface area contributed by atoms with Crippen molar-refractivity contribution in [2.24, 2.45) is 0 Å². The standard InChI is InChI=1S/C53H50O24/c1-5-48(3)66-36(54)30(37(55)67-48)16-10-7-12-18-32-40(58)70-50(71-41(32)59)22-26-52(27-23-50)74-44(62)34(45(63)75-52)20-14-9-15-21-35-46(64)76-53(77-47(35)65)28-24-51(25-29-53)72-42(60)33(43(61)73-51)19-13-8-11-17-31-38(56)68-49(4,6-2)69-39(31)57/h7-21,54,60,62H,5-6,22-29H2,1-4H3. The minimum atomic E-state index is -1.73. The van der Waals surface area contributed by atoms with Crippen LogP contribution in [0.4, 0.5) is 0 Å². The Kier molecular flexibility index (Phi) is 14.7. The van der Waals surface area contributed by atoms with E-state index in [1.807, 2.05) is 0 Å². The molecule has 2 saturated carbocycles. The lowest BCUT2D eigenvalue weighted by atomic mass is 9.87. The number of allylic oxidation sites excluding steroid dienone is 12. The van der Waals surface area contributed by atoms with Gasteiger partial charge in [0.2, 0.25) is 0 Å². The molecule has 0 aromatic heterocycles. The van der Waals surface area contributed by atoms with Gasteiger partial charge in [-0.3, -0.25) is 0 Å².